The Hall–Kier alpha value is -1.51. The van der Waals surface area contributed by atoms with Gasteiger partial charge in [-0.05, 0) is 26.0 Å². The minimum absolute atomic E-state index is 0.121. The maximum atomic E-state index is 12.0. The average Bonchev–Trinajstić information content (AvgIpc) is 2.61. The molecule has 0 atom stereocenters. The molecule has 0 radical (unpaired) electrons. The quantitative estimate of drug-likeness (QED) is 0.725. The number of carbonyl (C=O) groups is 1. The number of rotatable bonds is 2. The van der Waals surface area contributed by atoms with E-state index in [1.807, 2.05) is 54.0 Å². The molecule has 1 saturated heterocycles. The van der Waals surface area contributed by atoms with Crippen molar-refractivity contribution < 1.29 is 4.79 Å². The van der Waals surface area contributed by atoms with Gasteiger partial charge in [-0.2, -0.15) is 0 Å². The summed E-state index contributed by atoms with van der Waals surface area (Å²) in [4.78, 5) is 15.7. The van der Waals surface area contributed by atoms with Gasteiger partial charge in [0.1, 0.15) is 0 Å². The zero-order valence-electron chi connectivity index (χ0n) is 9.18. The number of amides is 2. The van der Waals surface area contributed by atoms with Crippen LogP contribution in [0, 0.1) is 0 Å². The van der Waals surface area contributed by atoms with Crippen LogP contribution in [-0.2, 0) is 0 Å². The second-order valence-corrected chi connectivity index (χ2v) is 4.06. The number of hydrogen-bond acceptors (Lipinski definition) is 1. The van der Waals surface area contributed by atoms with Gasteiger partial charge in [-0.1, -0.05) is 18.2 Å². The summed E-state index contributed by atoms with van der Waals surface area (Å²) in [7, 11) is 0. The molecule has 0 spiro atoms. The molecular formula is C12H16N2O. The summed E-state index contributed by atoms with van der Waals surface area (Å²) in [5, 5.41) is 0. The summed E-state index contributed by atoms with van der Waals surface area (Å²) in [6.45, 7) is 5.71. The van der Waals surface area contributed by atoms with Gasteiger partial charge in [-0.15, -0.1) is 0 Å². The molecule has 0 unspecified atom stereocenters. The van der Waals surface area contributed by atoms with Crippen molar-refractivity contribution in [2.45, 2.75) is 19.9 Å². The van der Waals surface area contributed by atoms with E-state index in [1.165, 1.54) is 0 Å². The van der Waals surface area contributed by atoms with Gasteiger partial charge in [0, 0.05) is 24.8 Å². The van der Waals surface area contributed by atoms with Crippen molar-refractivity contribution in [1.29, 1.82) is 0 Å². The lowest BCUT2D eigenvalue weighted by Crippen LogP contribution is -2.36. The molecule has 15 heavy (non-hydrogen) atoms. The second-order valence-electron chi connectivity index (χ2n) is 4.06. The first-order valence-electron chi connectivity index (χ1n) is 5.33. The van der Waals surface area contributed by atoms with Crippen molar-refractivity contribution in [2.75, 3.05) is 18.0 Å². The van der Waals surface area contributed by atoms with Gasteiger partial charge in [-0.3, -0.25) is 4.90 Å². The van der Waals surface area contributed by atoms with Crippen LogP contribution in [0.2, 0.25) is 0 Å². The number of nitrogens with zero attached hydrogens (tertiary/aromatic N) is 2. The molecule has 0 aromatic heterocycles. The highest BCUT2D eigenvalue weighted by molar-refractivity contribution is 5.94. The fourth-order valence-electron chi connectivity index (χ4n) is 1.88. The predicted molar refractivity (Wildman–Crippen MR) is 61.0 cm³/mol. The Morgan fingerprint density at radius 3 is 2.33 bits per heavy atom. The van der Waals surface area contributed by atoms with Crippen molar-refractivity contribution in [3.8, 4) is 0 Å². The van der Waals surface area contributed by atoms with Gasteiger partial charge in [-0.25, -0.2) is 4.79 Å². The van der Waals surface area contributed by atoms with Gasteiger partial charge in [0.2, 0.25) is 0 Å². The molecule has 1 fully saturated rings. The SMILES string of the molecule is CC(C)N1CCN(c2ccccc2)C1=O. The molecule has 0 saturated carbocycles. The Labute approximate surface area is 90.3 Å². The number of benzene rings is 1. The van der Waals surface area contributed by atoms with Crippen molar-refractivity contribution >= 4 is 11.7 Å². The van der Waals surface area contributed by atoms with Crippen LogP contribution in [0.25, 0.3) is 0 Å². The predicted octanol–water partition coefficient (Wildman–Crippen LogP) is 2.34. The van der Waals surface area contributed by atoms with E-state index in [0.717, 1.165) is 18.8 Å². The molecule has 3 nitrogen and oxygen atoms in total. The topological polar surface area (TPSA) is 23.6 Å². The van der Waals surface area contributed by atoms with Crippen LogP contribution in [0.1, 0.15) is 13.8 Å². The Morgan fingerprint density at radius 2 is 1.80 bits per heavy atom. The Morgan fingerprint density at radius 1 is 1.13 bits per heavy atom. The van der Waals surface area contributed by atoms with E-state index in [-0.39, 0.29) is 12.1 Å². The van der Waals surface area contributed by atoms with E-state index >= 15 is 0 Å². The van der Waals surface area contributed by atoms with Crippen LogP contribution in [0.15, 0.2) is 30.3 Å². The van der Waals surface area contributed by atoms with Crippen LogP contribution in [0.4, 0.5) is 10.5 Å². The van der Waals surface area contributed by atoms with E-state index in [2.05, 4.69) is 0 Å². The molecule has 1 aromatic carbocycles. The van der Waals surface area contributed by atoms with Crippen LogP contribution in [0.3, 0.4) is 0 Å². The number of para-hydroxylation sites is 1. The molecular weight excluding hydrogens is 188 g/mol. The Kier molecular flexibility index (Phi) is 2.62. The highest BCUT2D eigenvalue weighted by Gasteiger charge is 2.30. The minimum atomic E-state index is 0.121. The molecule has 1 aliphatic rings. The fourth-order valence-corrected chi connectivity index (χ4v) is 1.88. The number of anilines is 1. The van der Waals surface area contributed by atoms with Gasteiger partial charge < -0.3 is 4.90 Å². The average molecular weight is 204 g/mol. The van der Waals surface area contributed by atoms with E-state index in [9.17, 15) is 4.79 Å². The highest BCUT2D eigenvalue weighted by atomic mass is 16.2. The molecule has 0 bridgehead atoms. The minimum Gasteiger partial charge on any atom is -0.320 e. The lowest BCUT2D eigenvalue weighted by atomic mass is 10.3. The van der Waals surface area contributed by atoms with Gasteiger partial charge >= 0.3 is 6.03 Å². The summed E-state index contributed by atoms with van der Waals surface area (Å²) in [6, 6.07) is 10.2. The molecule has 0 N–H and O–H groups in total. The summed E-state index contributed by atoms with van der Waals surface area (Å²) in [5.41, 5.74) is 0.991. The third-order valence-electron chi connectivity index (χ3n) is 2.73. The molecule has 2 amide bonds. The summed E-state index contributed by atoms with van der Waals surface area (Å²) in [6.07, 6.45) is 0. The Balaban J connectivity index is 2.18. The smallest absolute Gasteiger partial charge is 0.320 e. The van der Waals surface area contributed by atoms with Crippen LogP contribution in [0.5, 0.6) is 0 Å². The van der Waals surface area contributed by atoms with Gasteiger partial charge in [0.05, 0.1) is 0 Å². The van der Waals surface area contributed by atoms with E-state index in [0.29, 0.717) is 0 Å². The maximum absolute atomic E-state index is 12.0. The molecule has 1 aromatic rings. The van der Waals surface area contributed by atoms with Gasteiger partial charge in [0.25, 0.3) is 0 Å². The van der Waals surface area contributed by atoms with Crippen molar-refractivity contribution in [3.05, 3.63) is 30.3 Å². The molecule has 80 valence electrons. The number of hydrogen-bond donors (Lipinski definition) is 0. The highest BCUT2D eigenvalue weighted by Crippen LogP contribution is 2.20. The zero-order valence-corrected chi connectivity index (χ0v) is 9.18. The number of carbonyl (C=O) groups excluding carboxylic acids is 1. The first-order chi connectivity index (χ1) is 7.20. The van der Waals surface area contributed by atoms with Crippen molar-refractivity contribution in [2.24, 2.45) is 0 Å². The third kappa shape index (κ3) is 1.82. The standard InChI is InChI=1S/C12H16N2O/c1-10(2)13-8-9-14(12(13)15)11-6-4-3-5-7-11/h3-7,10H,8-9H2,1-2H3. The third-order valence-corrected chi connectivity index (χ3v) is 2.73. The zero-order chi connectivity index (χ0) is 10.8. The summed E-state index contributed by atoms with van der Waals surface area (Å²) < 4.78 is 0. The van der Waals surface area contributed by atoms with Crippen LogP contribution >= 0.6 is 0 Å². The molecule has 1 heterocycles. The van der Waals surface area contributed by atoms with Crippen LogP contribution in [-0.4, -0.2) is 30.1 Å². The van der Waals surface area contributed by atoms with E-state index < -0.39 is 0 Å². The Bertz CT molecular complexity index is 348. The monoisotopic (exact) mass is 204 g/mol. The lowest BCUT2D eigenvalue weighted by Gasteiger charge is -2.21. The van der Waals surface area contributed by atoms with Gasteiger partial charge in [0.15, 0.2) is 0 Å². The van der Waals surface area contributed by atoms with E-state index in [4.69, 9.17) is 0 Å². The normalized spacial score (nSPS) is 16.6. The molecule has 1 aliphatic heterocycles. The van der Waals surface area contributed by atoms with Crippen molar-refractivity contribution in [3.63, 3.8) is 0 Å². The van der Waals surface area contributed by atoms with Crippen LogP contribution < -0.4 is 4.90 Å². The summed E-state index contributed by atoms with van der Waals surface area (Å²) in [5.74, 6) is 0. The first-order valence-corrected chi connectivity index (χ1v) is 5.33. The second kappa shape index (κ2) is 3.93. The molecule has 3 heteroatoms. The fraction of sp³-hybridized carbons (Fsp3) is 0.417. The molecule has 2 rings (SSSR count). The molecule has 0 aliphatic carbocycles. The largest absolute Gasteiger partial charge is 0.324 e. The maximum Gasteiger partial charge on any atom is 0.324 e. The van der Waals surface area contributed by atoms with E-state index in [1.54, 1.807) is 0 Å². The number of urea groups is 1. The summed E-state index contributed by atoms with van der Waals surface area (Å²) >= 11 is 0. The van der Waals surface area contributed by atoms with Crippen molar-refractivity contribution in [1.82, 2.24) is 4.90 Å². The first kappa shape index (κ1) is 10.0. The lowest BCUT2D eigenvalue weighted by molar-refractivity contribution is 0.209.